The molecule has 1 atom stereocenters. The molecule has 1 amide bonds. The van der Waals surface area contributed by atoms with Crippen molar-refractivity contribution in [3.63, 3.8) is 0 Å². The number of alkyl halides is 3. The third-order valence-electron chi connectivity index (χ3n) is 4.59. The van der Waals surface area contributed by atoms with Crippen LogP contribution in [0.4, 0.5) is 13.2 Å². The molecule has 0 aliphatic rings. The number of benzene rings is 1. The van der Waals surface area contributed by atoms with E-state index in [1.165, 1.54) is 17.4 Å². The van der Waals surface area contributed by atoms with Gasteiger partial charge in [0.15, 0.2) is 0 Å². The molecule has 0 radical (unpaired) electrons. The number of aromatic nitrogens is 2. The largest absolute Gasteiger partial charge is 0.416 e. The number of thiazole rings is 1. The highest BCUT2D eigenvalue weighted by Crippen LogP contribution is 2.32. The lowest BCUT2D eigenvalue weighted by atomic mass is 10.0. The molecule has 0 spiro atoms. The van der Waals surface area contributed by atoms with E-state index in [1.807, 2.05) is 30.5 Å². The molecular formula is C21H20F3N3OS. The summed E-state index contributed by atoms with van der Waals surface area (Å²) in [5, 5.41) is 2.53. The number of hydrogen-bond acceptors (Lipinski definition) is 4. The third kappa shape index (κ3) is 5.00. The van der Waals surface area contributed by atoms with Gasteiger partial charge < -0.3 is 4.90 Å². The number of pyridine rings is 1. The Bertz CT molecular complexity index is 973. The maximum atomic E-state index is 13.0. The van der Waals surface area contributed by atoms with Gasteiger partial charge in [0.25, 0.3) is 0 Å². The van der Waals surface area contributed by atoms with Crippen LogP contribution in [-0.2, 0) is 17.4 Å². The number of carbonyl (C=O) groups excluding carboxylic acids is 1. The highest BCUT2D eigenvalue weighted by Gasteiger charge is 2.31. The van der Waals surface area contributed by atoms with Crippen LogP contribution in [-0.4, -0.2) is 27.3 Å². The average Bonchev–Trinajstić information content (AvgIpc) is 3.17. The van der Waals surface area contributed by atoms with Crippen molar-refractivity contribution in [3.8, 4) is 10.7 Å². The molecule has 0 fully saturated rings. The third-order valence-corrected chi connectivity index (χ3v) is 5.51. The molecule has 0 bridgehead atoms. The molecule has 1 unspecified atom stereocenters. The minimum absolute atomic E-state index is 0.0838. The number of halogens is 3. The lowest BCUT2D eigenvalue weighted by Crippen LogP contribution is -2.34. The molecule has 0 aliphatic heterocycles. The van der Waals surface area contributed by atoms with Crippen LogP contribution in [0.15, 0.2) is 54.0 Å². The van der Waals surface area contributed by atoms with Crippen LogP contribution in [0, 0.1) is 0 Å². The highest BCUT2D eigenvalue weighted by atomic mass is 32.1. The summed E-state index contributed by atoms with van der Waals surface area (Å²) in [5.74, 6) is -0.185. The minimum Gasteiger partial charge on any atom is -0.336 e. The Morgan fingerprint density at radius 1 is 1.21 bits per heavy atom. The van der Waals surface area contributed by atoms with Gasteiger partial charge in [0.1, 0.15) is 5.01 Å². The normalized spacial score (nSPS) is 12.6. The zero-order chi connectivity index (χ0) is 21.0. The first-order valence-corrected chi connectivity index (χ1v) is 10.00. The molecule has 8 heteroatoms. The monoisotopic (exact) mass is 419 g/mol. The van der Waals surface area contributed by atoms with Crippen LogP contribution in [0.25, 0.3) is 10.7 Å². The second-order valence-corrected chi connectivity index (χ2v) is 7.37. The van der Waals surface area contributed by atoms with Crippen molar-refractivity contribution >= 4 is 17.2 Å². The van der Waals surface area contributed by atoms with E-state index in [0.29, 0.717) is 17.8 Å². The quantitative estimate of drug-likeness (QED) is 0.539. The van der Waals surface area contributed by atoms with Crippen molar-refractivity contribution in [2.75, 3.05) is 6.54 Å². The molecular weight excluding hydrogens is 399 g/mol. The van der Waals surface area contributed by atoms with Gasteiger partial charge in [0.2, 0.25) is 5.91 Å². The van der Waals surface area contributed by atoms with Gasteiger partial charge in [-0.05, 0) is 43.7 Å². The maximum absolute atomic E-state index is 13.0. The second kappa shape index (κ2) is 8.73. The fourth-order valence-corrected chi connectivity index (χ4v) is 3.87. The Balaban J connectivity index is 1.75. The first kappa shape index (κ1) is 21.0. The van der Waals surface area contributed by atoms with Crippen LogP contribution in [0.3, 0.4) is 0 Å². The molecule has 0 saturated heterocycles. The van der Waals surface area contributed by atoms with Crippen LogP contribution < -0.4 is 0 Å². The topological polar surface area (TPSA) is 46.1 Å². The lowest BCUT2D eigenvalue weighted by molar-refractivity contribution is -0.137. The molecule has 0 aliphatic carbocycles. The average molecular weight is 419 g/mol. The van der Waals surface area contributed by atoms with Crippen molar-refractivity contribution in [2.45, 2.75) is 32.5 Å². The van der Waals surface area contributed by atoms with Gasteiger partial charge in [-0.3, -0.25) is 9.78 Å². The highest BCUT2D eigenvalue weighted by molar-refractivity contribution is 7.13. The summed E-state index contributed by atoms with van der Waals surface area (Å²) in [5.41, 5.74) is 1.09. The van der Waals surface area contributed by atoms with Gasteiger partial charge in [-0.15, -0.1) is 11.3 Å². The first-order chi connectivity index (χ1) is 13.8. The maximum Gasteiger partial charge on any atom is 0.416 e. The number of amides is 1. The van der Waals surface area contributed by atoms with Gasteiger partial charge in [-0.2, -0.15) is 13.2 Å². The fraction of sp³-hybridized carbons (Fsp3) is 0.286. The number of hydrogen-bond donors (Lipinski definition) is 0. The Labute approximate surface area is 171 Å². The standard InChI is InChI=1S/C21H20F3N3OS/c1-3-27(14(2)15-7-6-8-16(11-15)21(22,23)24)19(28)12-17-13-29-20(26-17)18-9-4-5-10-25-18/h4-11,13-14H,3,12H2,1-2H3. The summed E-state index contributed by atoms with van der Waals surface area (Å²) < 4.78 is 39.0. The summed E-state index contributed by atoms with van der Waals surface area (Å²) >= 11 is 1.40. The molecule has 152 valence electrons. The Morgan fingerprint density at radius 3 is 2.66 bits per heavy atom. The van der Waals surface area contributed by atoms with E-state index in [1.54, 1.807) is 24.1 Å². The second-order valence-electron chi connectivity index (χ2n) is 6.51. The van der Waals surface area contributed by atoms with E-state index < -0.39 is 17.8 Å². The Kier molecular flexibility index (Phi) is 6.32. The summed E-state index contributed by atoms with van der Waals surface area (Å²) in [6.07, 6.45) is -2.66. The van der Waals surface area contributed by atoms with E-state index >= 15 is 0 Å². The molecule has 2 heterocycles. The molecule has 3 rings (SSSR count). The van der Waals surface area contributed by atoms with Gasteiger partial charge in [-0.1, -0.05) is 18.2 Å². The SMILES string of the molecule is CCN(C(=O)Cc1csc(-c2ccccn2)n1)C(C)c1cccc(C(F)(F)F)c1. The van der Waals surface area contributed by atoms with Crippen molar-refractivity contribution in [3.05, 3.63) is 70.9 Å². The number of likely N-dealkylation sites (N-methyl/N-ethyl adjacent to an activating group) is 1. The zero-order valence-electron chi connectivity index (χ0n) is 16.0. The van der Waals surface area contributed by atoms with Crippen LogP contribution in [0.5, 0.6) is 0 Å². The van der Waals surface area contributed by atoms with Crippen molar-refractivity contribution in [2.24, 2.45) is 0 Å². The summed E-state index contributed by atoms with van der Waals surface area (Å²) in [4.78, 5) is 23.1. The molecule has 1 aromatic carbocycles. The molecule has 0 N–H and O–H groups in total. The number of rotatable bonds is 6. The smallest absolute Gasteiger partial charge is 0.336 e. The zero-order valence-corrected chi connectivity index (χ0v) is 16.8. The molecule has 29 heavy (non-hydrogen) atoms. The molecule has 3 aromatic rings. The van der Waals surface area contributed by atoms with E-state index in [9.17, 15) is 18.0 Å². The number of carbonyl (C=O) groups is 1. The van der Waals surface area contributed by atoms with Gasteiger partial charge in [0, 0.05) is 18.1 Å². The van der Waals surface area contributed by atoms with Crippen molar-refractivity contribution in [1.82, 2.24) is 14.9 Å². The van der Waals surface area contributed by atoms with Crippen molar-refractivity contribution in [1.29, 1.82) is 0 Å². The van der Waals surface area contributed by atoms with Gasteiger partial charge in [-0.25, -0.2) is 4.98 Å². The van der Waals surface area contributed by atoms with Crippen LogP contribution >= 0.6 is 11.3 Å². The first-order valence-electron chi connectivity index (χ1n) is 9.12. The molecule has 4 nitrogen and oxygen atoms in total. The molecule has 2 aromatic heterocycles. The minimum atomic E-state index is -4.42. The predicted molar refractivity (Wildman–Crippen MR) is 106 cm³/mol. The van der Waals surface area contributed by atoms with Crippen LogP contribution in [0.1, 0.15) is 36.7 Å². The van der Waals surface area contributed by atoms with Crippen molar-refractivity contribution < 1.29 is 18.0 Å². The van der Waals surface area contributed by atoms with Gasteiger partial charge >= 0.3 is 6.18 Å². The Morgan fingerprint density at radius 2 is 2.00 bits per heavy atom. The number of nitrogens with zero attached hydrogens (tertiary/aromatic N) is 3. The van der Waals surface area contributed by atoms with Crippen LogP contribution in [0.2, 0.25) is 0 Å². The summed E-state index contributed by atoms with van der Waals surface area (Å²) in [7, 11) is 0. The van der Waals surface area contributed by atoms with E-state index in [2.05, 4.69) is 9.97 Å². The fourth-order valence-electron chi connectivity index (χ4n) is 3.07. The van der Waals surface area contributed by atoms with E-state index in [4.69, 9.17) is 0 Å². The summed E-state index contributed by atoms with van der Waals surface area (Å²) in [6.45, 7) is 3.92. The summed E-state index contributed by atoms with van der Waals surface area (Å²) in [6, 6.07) is 10.2. The lowest BCUT2D eigenvalue weighted by Gasteiger charge is -2.28. The Hall–Kier alpha value is -2.74. The van der Waals surface area contributed by atoms with E-state index in [-0.39, 0.29) is 12.3 Å². The predicted octanol–water partition coefficient (Wildman–Crippen LogP) is 5.38. The van der Waals surface area contributed by atoms with E-state index in [0.717, 1.165) is 22.8 Å². The van der Waals surface area contributed by atoms with Gasteiger partial charge in [0.05, 0.1) is 29.4 Å². The molecule has 0 saturated carbocycles.